The highest BCUT2D eigenvalue weighted by Gasteiger charge is 2.25. The first-order valence-corrected chi connectivity index (χ1v) is 10.7. The van der Waals surface area contributed by atoms with Crippen LogP contribution in [0.1, 0.15) is 31.7 Å². The van der Waals surface area contributed by atoms with Crippen molar-refractivity contribution in [2.45, 2.75) is 44.8 Å². The van der Waals surface area contributed by atoms with Crippen LogP contribution in [0.4, 0.5) is 0 Å². The van der Waals surface area contributed by atoms with Gasteiger partial charge in [0.2, 0.25) is 17.7 Å². The molecule has 0 bridgehead atoms. The third-order valence-corrected chi connectivity index (χ3v) is 5.15. The molecule has 0 aromatic heterocycles. The van der Waals surface area contributed by atoms with Gasteiger partial charge < -0.3 is 21.7 Å². The zero-order chi connectivity index (χ0) is 21.9. The lowest BCUT2D eigenvalue weighted by atomic mass is 10.0. The Balaban J connectivity index is 1.98. The van der Waals surface area contributed by atoms with Crippen LogP contribution in [0.5, 0.6) is 0 Å². The van der Waals surface area contributed by atoms with Crippen molar-refractivity contribution in [2.75, 3.05) is 12.3 Å². The van der Waals surface area contributed by atoms with Crippen molar-refractivity contribution in [1.29, 1.82) is 0 Å². The minimum Gasteiger partial charge on any atom is -0.350 e. The molecule has 0 fully saturated rings. The van der Waals surface area contributed by atoms with Gasteiger partial charge in [0.25, 0.3) is 0 Å². The van der Waals surface area contributed by atoms with Crippen LogP contribution < -0.4 is 21.7 Å². The third-order valence-electron chi connectivity index (χ3n) is 4.79. The smallest absolute Gasteiger partial charge is 0.243 e. The van der Waals surface area contributed by atoms with Crippen LogP contribution in [0.3, 0.4) is 0 Å². The lowest BCUT2D eigenvalue weighted by Crippen LogP contribution is -2.54. The number of hydrogen-bond donors (Lipinski definition) is 5. The molecule has 7 nitrogen and oxygen atoms in total. The van der Waals surface area contributed by atoms with Crippen LogP contribution in [0.2, 0.25) is 0 Å². The summed E-state index contributed by atoms with van der Waals surface area (Å²) >= 11 is 4.21. The highest BCUT2D eigenvalue weighted by molar-refractivity contribution is 7.80. The van der Waals surface area contributed by atoms with E-state index in [4.69, 9.17) is 5.73 Å². The molecule has 162 valence electrons. The van der Waals surface area contributed by atoms with Crippen molar-refractivity contribution < 1.29 is 14.4 Å². The minimum atomic E-state index is -0.804. The van der Waals surface area contributed by atoms with Crippen molar-refractivity contribution >= 4 is 41.1 Å². The molecule has 2 aromatic carbocycles. The predicted molar refractivity (Wildman–Crippen MR) is 122 cm³/mol. The van der Waals surface area contributed by atoms with Gasteiger partial charge in [-0.25, -0.2) is 0 Å². The summed E-state index contributed by atoms with van der Waals surface area (Å²) in [7, 11) is 0. The Hall–Kier alpha value is -2.58. The molecule has 1 unspecified atom stereocenters. The van der Waals surface area contributed by atoms with E-state index in [0.717, 1.165) is 22.8 Å². The first-order valence-electron chi connectivity index (χ1n) is 10.1. The number of unbranched alkanes of at least 4 members (excludes halogenated alkanes) is 1. The minimum absolute atomic E-state index is 0.142. The summed E-state index contributed by atoms with van der Waals surface area (Å²) in [5, 5.41) is 10.4. The second-order valence-electron chi connectivity index (χ2n) is 7.14. The monoisotopic (exact) mass is 430 g/mol. The molecule has 8 heteroatoms. The van der Waals surface area contributed by atoms with E-state index in [9.17, 15) is 14.4 Å². The van der Waals surface area contributed by atoms with E-state index in [0.29, 0.717) is 25.9 Å². The van der Waals surface area contributed by atoms with Gasteiger partial charge in [0.05, 0.1) is 0 Å². The molecule has 0 saturated heterocycles. The van der Waals surface area contributed by atoms with E-state index in [1.165, 1.54) is 6.92 Å². The molecule has 0 spiro atoms. The predicted octanol–water partition coefficient (Wildman–Crippen LogP) is 1.50. The fourth-order valence-electron chi connectivity index (χ4n) is 3.23. The molecule has 2 aromatic rings. The zero-order valence-corrected chi connectivity index (χ0v) is 18.1. The normalized spacial score (nSPS) is 12.8. The maximum atomic E-state index is 12.6. The van der Waals surface area contributed by atoms with Crippen LogP contribution in [-0.2, 0) is 20.9 Å². The number of thiol groups is 1. The SMILES string of the molecule is CC(=O)N[C@@H](CCCCN)C(=O)NC(CS)C(=O)NCc1cccc2ccccc12. The number of fused-ring (bicyclic) bond motifs is 1. The Labute approximate surface area is 182 Å². The molecular weight excluding hydrogens is 400 g/mol. The van der Waals surface area contributed by atoms with Gasteiger partial charge in [-0.3, -0.25) is 14.4 Å². The topological polar surface area (TPSA) is 113 Å². The highest BCUT2D eigenvalue weighted by atomic mass is 32.1. The number of rotatable bonds is 11. The number of nitrogens with two attached hydrogens (primary N) is 1. The van der Waals surface area contributed by atoms with Crippen molar-refractivity contribution in [2.24, 2.45) is 5.73 Å². The van der Waals surface area contributed by atoms with Gasteiger partial charge in [-0.05, 0) is 42.1 Å². The van der Waals surface area contributed by atoms with Crippen molar-refractivity contribution in [3.63, 3.8) is 0 Å². The van der Waals surface area contributed by atoms with Crippen molar-refractivity contribution in [1.82, 2.24) is 16.0 Å². The molecule has 5 N–H and O–H groups in total. The molecule has 0 aliphatic rings. The summed E-state index contributed by atoms with van der Waals surface area (Å²) in [6.45, 7) is 2.21. The van der Waals surface area contributed by atoms with Gasteiger partial charge in [0.1, 0.15) is 12.1 Å². The largest absolute Gasteiger partial charge is 0.350 e. The van der Waals surface area contributed by atoms with E-state index < -0.39 is 18.0 Å². The Bertz CT molecular complexity index is 869. The maximum absolute atomic E-state index is 12.6. The van der Waals surface area contributed by atoms with Gasteiger partial charge in [-0.1, -0.05) is 42.5 Å². The van der Waals surface area contributed by atoms with E-state index in [2.05, 4.69) is 28.6 Å². The average Bonchev–Trinajstić information content (AvgIpc) is 2.74. The summed E-state index contributed by atoms with van der Waals surface area (Å²) < 4.78 is 0. The van der Waals surface area contributed by atoms with Gasteiger partial charge in [-0.15, -0.1) is 0 Å². The second kappa shape index (κ2) is 12.2. The number of nitrogens with one attached hydrogen (secondary N) is 3. The van der Waals surface area contributed by atoms with Crippen LogP contribution in [0.15, 0.2) is 42.5 Å². The fourth-order valence-corrected chi connectivity index (χ4v) is 3.48. The molecule has 2 rings (SSSR count). The highest BCUT2D eigenvalue weighted by Crippen LogP contribution is 2.18. The fraction of sp³-hybridized carbons (Fsp3) is 0.409. The Morgan fingerprint density at radius 3 is 2.40 bits per heavy atom. The maximum Gasteiger partial charge on any atom is 0.243 e. The zero-order valence-electron chi connectivity index (χ0n) is 17.2. The van der Waals surface area contributed by atoms with Gasteiger partial charge in [0.15, 0.2) is 0 Å². The van der Waals surface area contributed by atoms with E-state index in [1.807, 2.05) is 42.5 Å². The van der Waals surface area contributed by atoms with Gasteiger partial charge >= 0.3 is 0 Å². The molecule has 0 heterocycles. The Morgan fingerprint density at radius 2 is 1.70 bits per heavy atom. The van der Waals surface area contributed by atoms with Crippen LogP contribution in [0.25, 0.3) is 10.8 Å². The van der Waals surface area contributed by atoms with E-state index in [1.54, 1.807) is 0 Å². The van der Waals surface area contributed by atoms with Gasteiger partial charge in [-0.2, -0.15) is 12.6 Å². The number of carbonyl (C=O) groups excluding carboxylic acids is 3. The molecule has 0 aliphatic carbocycles. The molecule has 2 atom stereocenters. The molecule has 30 heavy (non-hydrogen) atoms. The van der Waals surface area contributed by atoms with Crippen LogP contribution in [-0.4, -0.2) is 42.1 Å². The average molecular weight is 431 g/mol. The number of amides is 3. The number of carbonyl (C=O) groups is 3. The Morgan fingerprint density at radius 1 is 0.967 bits per heavy atom. The van der Waals surface area contributed by atoms with Crippen molar-refractivity contribution in [3.05, 3.63) is 48.0 Å². The van der Waals surface area contributed by atoms with Crippen LogP contribution >= 0.6 is 12.6 Å². The van der Waals surface area contributed by atoms with Crippen LogP contribution in [0, 0.1) is 0 Å². The summed E-state index contributed by atoms with van der Waals surface area (Å²) in [5.41, 5.74) is 6.49. The lowest BCUT2D eigenvalue weighted by Gasteiger charge is -2.22. The molecular formula is C22H30N4O3S. The number of benzene rings is 2. The lowest BCUT2D eigenvalue weighted by molar-refractivity contribution is -0.131. The Kier molecular flexibility index (Phi) is 9.63. The third kappa shape index (κ3) is 7.03. The second-order valence-corrected chi connectivity index (χ2v) is 7.50. The molecule has 0 saturated carbocycles. The molecule has 0 aliphatic heterocycles. The molecule has 0 radical (unpaired) electrons. The summed E-state index contributed by atoms with van der Waals surface area (Å²) in [4.78, 5) is 36.7. The van der Waals surface area contributed by atoms with Gasteiger partial charge in [0, 0.05) is 19.2 Å². The van der Waals surface area contributed by atoms with Crippen molar-refractivity contribution in [3.8, 4) is 0 Å². The summed E-state index contributed by atoms with van der Waals surface area (Å²) in [5.74, 6) is -0.884. The number of hydrogen-bond acceptors (Lipinski definition) is 5. The quantitative estimate of drug-likeness (QED) is 0.275. The van der Waals surface area contributed by atoms with E-state index in [-0.39, 0.29) is 17.6 Å². The summed E-state index contributed by atoms with van der Waals surface area (Å²) in [6, 6.07) is 12.4. The summed E-state index contributed by atoms with van der Waals surface area (Å²) in [6.07, 6.45) is 1.91. The van der Waals surface area contributed by atoms with E-state index >= 15 is 0 Å². The molecule has 3 amide bonds. The first-order chi connectivity index (χ1) is 14.5. The standard InChI is InChI=1S/C22H30N4O3S/c1-15(27)25-19(11-4-5-12-23)22(29)26-20(14-30)21(28)24-13-17-9-6-8-16-7-2-3-10-18(16)17/h2-3,6-10,19-20,30H,4-5,11-14,23H2,1H3,(H,24,28)(H,25,27)(H,26,29)/t19-,20?/m0/s1. The first kappa shape index (κ1) is 23.7.